The van der Waals surface area contributed by atoms with Crippen molar-refractivity contribution in [1.82, 2.24) is 0 Å². The first-order valence-electron chi connectivity index (χ1n) is 0.730. The van der Waals surface area contributed by atoms with Crippen LogP contribution in [0.5, 0.6) is 0 Å². The zero-order chi connectivity index (χ0) is 4.50. The van der Waals surface area contributed by atoms with E-state index in [-0.39, 0.29) is 67.7 Å². The molecule has 0 aromatic carbocycles. The number of hydrogen-bond donors (Lipinski definition) is 0. The van der Waals surface area contributed by atoms with Gasteiger partial charge in [-0.25, -0.2) is 0 Å². The Hall–Kier alpha value is 2.28. The van der Waals surface area contributed by atoms with Gasteiger partial charge in [-0.15, -0.1) is 0 Å². The van der Waals surface area contributed by atoms with Crippen LogP contribution in [0, 0.1) is 0 Å². The minimum Gasteiger partial charge on any atom is -0.822 e. The summed E-state index contributed by atoms with van der Waals surface area (Å²) < 4.78 is 8.55. The normalized spacial score (nSPS) is 8.43. The van der Waals surface area contributed by atoms with E-state index in [4.69, 9.17) is 19.2 Å². The Morgan fingerprint density at radius 3 is 1.14 bits per heavy atom. The Morgan fingerprint density at radius 2 is 1.14 bits per heavy atom. The van der Waals surface area contributed by atoms with Crippen LogP contribution in [0.15, 0.2) is 0 Å². The van der Waals surface area contributed by atoms with Crippen LogP contribution in [0.2, 0.25) is 0 Å². The molecule has 0 fully saturated rings. The maximum atomic E-state index is 8.55. The van der Waals surface area contributed by atoms with Crippen LogP contribution in [-0.4, -0.2) is 48.9 Å². The molecule has 0 radical (unpaired) electrons. The smallest absolute Gasteiger partial charge is 0.822 e. The average molecular weight is 239 g/mol. The van der Waals surface area contributed by atoms with Crippen LogP contribution in [0.25, 0.3) is 0 Å². The summed E-state index contributed by atoms with van der Waals surface area (Å²) in [5.41, 5.74) is 0. The van der Waals surface area contributed by atoms with Gasteiger partial charge in [0, 0.05) is 0 Å². The predicted octanol–water partition coefficient (Wildman–Crippen LogP) is -6.20. The average Bonchev–Trinajstić information content (AvgIpc) is 0.722. The Balaban J connectivity index is -0.0000000800. The van der Waals surface area contributed by atoms with Gasteiger partial charge in [-0.05, 0) is 0 Å². The molecule has 0 saturated heterocycles. The third-order valence-corrected chi connectivity index (χ3v) is 0. The summed E-state index contributed by atoms with van der Waals surface area (Å²) in [4.78, 5) is 25.6. The van der Waals surface area contributed by atoms with Crippen molar-refractivity contribution in [2.24, 2.45) is 0 Å². The molecule has 0 heterocycles. The van der Waals surface area contributed by atoms with Crippen LogP contribution in [0.3, 0.4) is 0 Å². The monoisotopic (exact) mass is 240 g/mol. The van der Waals surface area contributed by atoms with Gasteiger partial charge >= 0.3 is 67.7 Å². The summed E-state index contributed by atoms with van der Waals surface area (Å²) in [7, 11) is -5.39. The van der Waals surface area contributed by atoms with Crippen molar-refractivity contribution in [2.45, 2.75) is 0 Å². The van der Waals surface area contributed by atoms with Gasteiger partial charge in [-0.3, -0.25) is 0 Å². The molecule has 0 aromatic rings. The second-order valence-electron chi connectivity index (χ2n) is 0.447. The third-order valence-electron chi connectivity index (χ3n) is 0. The van der Waals surface area contributed by atoms with Crippen LogP contribution >= 0.6 is 7.82 Å². The zero-order valence-corrected chi connectivity index (χ0v) is 9.12. The van der Waals surface area contributed by atoms with E-state index >= 15 is 0 Å². The first kappa shape index (κ1) is 16.1. The Kier molecular flexibility index (Phi) is 14.7. The molecule has 0 N–H and O–H groups in total. The van der Waals surface area contributed by atoms with E-state index in [1.807, 2.05) is 0 Å². The quantitative estimate of drug-likeness (QED) is 0.311. The molecule has 32 valence electrons. The zero-order valence-electron chi connectivity index (χ0n) is 3.79. The molecule has 0 aliphatic heterocycles. The number of phosphoric acid groups is 1. The molecule has 0 atom stereocenters. The van der Waals surface area contributed by atoms with E-state index in [2.05, 4.69) is 0 Å². The van der Waals surface area contributed by atoms with Gasteiger partial charge in [0.15, 0.2) is 0 Å². The van der Waals surface area contributed by atoms with Gasteiger partial charge in [0.25, 0.3) is 0 Å². The summed E-state index contributed by atoms with van der Waals surface area (Å²) in [6.45, 7) is 0. The second-order valence-corrected chi connectivity index (χ2v) is 1.34. The van der Waals surface area contributed by atoms with Crippen molar-refractivity contribution >= 4 is 56.7 Å². The van der Waals surface area contributed by atoms with E-state index in [9.17, 15) is 0 Å². The largest absolute Gasteiger partial charge is 2.00 e. The molecule has 0 rings (SSSR count). The maximum absolute atomic E-state index is 8.55. The van der Waals surface area contributed by atoms with Gasteiger partial charge in [0.2, 0.25) is 0 Å². The fourth-order valence-electron chi connectivity index (χ4n) is 0. The predicted molar refractivity (Wildman–Crippen MR) is 13.4 cm³/mol. The molecule has 0 aliphatic carbocycles. The molecule has 0 amide bonds. The first-order chi connectivity index (χ1) is 2.00. The molecule has 0 spiro atoms. The van der Waals surface area contributed by atoms with Gasteiger partial charge < -0.3 is 19.2 Å². The van der Waals surface area contributed by atoms with Gasteiger partial charge in [-0.1, -0.05) is 0 Å². The first-order valence-corrected chi connectivity index (χ1v) is 2.19. The van der Waals surface area contributed by atoms with E-state index < -0.39 is 7.82 Å². The molecule has 7 heteroatoms. The Bertz CT molecular complexity index is 57.8. The van der Waals surface area contributed by atoms with E-state index in [1.165, 1.54) is 0 Å². The molecule has 0 saturated carbocycles. The molecular formula is BaLiO4P. The van der Waals surface area contributed by atoms with Crippen LogP contribution < -0.4 is 33.5 Å². The molecule has 0 aromatic heterocycles. The van der Waals surface area contributed by atoms with Crippen LogP contribution in [-0.2, 0) is 4.57 Å². The van der Waals surface area contributed by atoms with E-state index in [0.29, 0.717) is 0 Å². The minimum absolute atomic E-state index is 0. The third kappa shape index (κ3) is 62.8. The van der Waals surface area contributed by atoms with Crippen molar-refractivity contribution in [3.8, 4) is 0 Å². The second kappa shape index (κ2) is 6.40. The van der Waals surface area contributed by atoms with Crippen molar-refractivity contribution in [2.75, 3.05) is 0 Å². The number of hydrogen-bond acceptors (Lipinski definition) is 4. The fraction of sp³-hybridized carbons (Fsp3) is 0. The molecule has 7 heavy (non-hydrogen) atoms. The SMILES string of the molecule is O=P([O-])([O-])[O-].[Ba+2].[Li+]. The Morgan fingerprint density at radius 1 is 1.14 bits per heavy atom. The van der Waals surface area contributed by atoms with Gasteiger partial charge in [-0.2, -0.15) is 7.82 Å². The van der Waals surface area contributed by atoms with Gasteiger partial charge in [0.1, 0.15) is 0 Å². The standard InChI is InChI=1S/Ba.Li.H3O4P/c;;1-5(2,3)4/h;;(H3,1,2,3,4)/q+2;+1;/p-3. The van der Waals surface area contributed by atoms with Crippen LogP contribution in [0.1, 0.15) is 0 Å². The molecule has 0 bridgehead atoms. The van der Waals surface area contributed by atoms with Crippen molar-refractivity contribution in [1.29, 1.82) is 0 Å². The van der Waals surface area contributed by atoms with Crippen molar-refractivity contribution < 1.29 is 38.1 Å². The van der Waals surface area contributed by atoms with Crippen molar-refractivity contribution in [3.63, 3.8) is 0 Å². The molecule has 0 unspecified atom stereocenters. The van der Waals surface area contributed by atoms with Crippen molar-refractivity contribution in [3.05, 3.63) is 0 Å². The van der Waals surface area contributed by atoms with Gasteiger partial charge in [0.05, 0.1) is 0 Å². The summed E-state index contributed by atoms with van der Waals surface area (Å²) in [5, 5.41) is 0. The Labute approximate surface area is 93.2 Å². The minimum atomic E-state index is -5.39. The molecule has 0 aliphatic rings. The summed E-state index contributed by atoms with van der Waals surface area (Å²) in [6, 6.07) is 0. The van der Waals surface area contributed by atoms with Crippen LogP contribution in [0.4, 0.5) is 0 Å². The molecule has 4 nitrogen and oxygen atoms in total. The fourth-order valence-corrected chi connectivity index (χ4v) is 0. The summed E-state index contributed by atoms with van der Waals surface area (Å²) in [5.74, 6) is 0. The van der Waals surface area contributed by atoms with E-state index in [0.717, 1.165) is 0 Å². The maximum Gasteiger partial charge on any atom is 2.00 e. The summed E-state index contributed by atoms with van der Waals surface area (Å²) >= 11 is 0. The van der Waals surface area contributed by atoms with E-state index in [1.54, 1.807) is 0 Å². The number of rotatable bonds is 0. The summed E-state index contributed by atoms with van der Waals surface area (Å²) in [6.07, 6.45) is 0. The molecular weight excluding hydrogens is 239 g/mol. The topological polar surface area (TPSA) is 86.2 Å².